The van der Waals surface area contributed by atoms with E-state index >= 15 is 0 Å². The van der Waals surface area contributed by atoms with Crippen molar-refractivity contribution in [2.75, 3.05) is 12.9 Å². The van der Waals surface area contributed by atoms with Crippen LogP contribution in [0.4, 0.5) is 0 Å². The number of nitrogens with zero attached hydrogens (tertiary/aromatic N) is 1. The molecule has 0 heterocycles. The first-order valence-electron chi connectivity index (χ1n) is 7.42. The second-order valence-electron chi connectivity index (χ2n) is 5.06. The van der Waals surface area contributed by atoms with E-state index in [0.29, 0.717) is 16.9 Å². The Morgan fingerprint density at radius 2 is 1.76 bits per heavy atom. The second-order valence-corrected chi connectivity index (χ2v) is 5.92. The molecule has 7 heteroatoms. The molecule has 0 bridgehead atoms. The van der Waals surface area contributed by atoms with Crippen LogP contribution in [0.5, 0.6) is 5.75 Å². The topological polar surface area (TPSA) is 91.2 Å². The van der Waals surface area contributed by atoms with E-state index in [1.54, 1.807) is 48.2 Å². The van der Waals surface area contributed by atoms with Crippen LogP contribution in [-0.2, 0) is 10.5 Å². The fourth-order valence-corrected chi connectivity index (χ4v) is 2.45. The quantitative estimate of drug-likeness (QED) is 0.776. The van der Waals surface area contributed by atoms with Crippen molar-refractivity contribution in [1.82, 2.24) is 10.9 Å². The van der Waals surface area contributed by atoms with Crippen molar-refractivity contribution >= 4 is 23.6 Å². The third-order valence-electron chi connectivity index (χ3n) is 3.20. The van der Waals surface area contributed by atoms with E-state index in [1.165, 1.54) is 0 Å². The molecule has 0 aromatic heterocycles. The molecule has 0 aliphatic carbocycles. The van der Waals surface area contributed by atoms with E-state index in [9.17, 15) is 9.59 Å². The number of benzene rings is 2. The number of hydrogen-bond acceptors (Lipinski definition) is 5. The van der Waals surface area contributed by atoms with Crippen molar-refractivity contribution in [1.29, 1.82) is 5.26 Å². The third kappa shape index (κ3) is 5.86. The first-order valence-corrected chi connectivity index (χ1v) is 8.82. The Balaban J connectivity index is 1.76. The molecule has 0 aliphatic heterocycles. The van der Waals surface area contributed by atoms with E-state index in [1.807, 2.05) is 24.5 Å². The fraction of sp³-hybridized carbons (Fsp3) is 0.167. The van der Waals surface area contributed by atoms with Gasteiger partial charge in [-0.05, 0) is 48.2 Å². The van der Waals surface area contributed by atoms with Gasteiger partial charge in [0.15, 0.2) is 6.61 Å². The maximum atomic E-state index is 12.0. The lowest BCUT2D eigenvalue weighted by molar-refractivity contribution is -0.123. The van der Waals surface area contributed by atoms with Crippen LogP contribution in [0.25, 0.3) is 0 Å². The van der Waals surface area contributed by atoms with E-state index in [-0.39, 0.29) is 6.61 Å². The summed E-state index contributed by atoms with van der Waals surface area (Å²) in [7, 11) is 0. The van der Waals surface area contributed by atoms with Crippen molar-refractivity contribution in [3.63, 3.8) is 0 Å². The molecule has 0 unspecified atom stereocenters. The molecule has 0 aliphatic rings. The summed E-state index contributed by atoms with van der Waals surface area (Å²) in [4.78, 5) is 23.7. The van der Waals surface area contributed by atoms with Gasteiger partial charge in [0, 0.05) is 11.3 Å². The van der Waals surface area contributed by atoms with Crippen molar-refractivity contribution in [3.8, 4) is 11.8 Å². The molecule has 0 spiro atoms. The number of rotatable bonds is 6. The summed E-state index contributed by atoms with van der Waals surface area (Å²) in [6, 6.07) is 15.5. The maximum absolute atomic E-state index is 12.0. The number of thioether (sulfide) groups is 1. The first kappa shape index (κ1) is 18.4. The zero-order valence-electron chi connectivity index (χ0n) is 13.6. The van der Waals surface area contributed by atoms with Gasteiger partial charge in [0.1, 0.15) is 5.75 Å². The van der Waals surface area contributed by atoms with E-state index in [4.69, 9.17) is 10.00 Å². The molecule has 0 saturated carbocycles. The molecule has 2 amide bonds. The molecule has 2 aromatic carbocycles. The predicted molar refractivity (Wildman–Crippen MR) is 95.9 cm³/mol. The highest BCUT2D eigenvalue weighted by molar-refractivity contribution is 7.97. The van der Waals surface area contributed by atoms with Crippen molar-refractivity contribution in [2.45, 2.75) is 5.75 Å². The molecule has 2 aromatic rings. The van der Waals surface area contributed by atoms with Crippen LogP contribution in [0.3, 0.4) is 0 Å². The van der Waals surface area contributed by atoms with Gasteiger partial charge in [-0.25, -0.2) is 0 Å². The molecule has 0 radical (unpaired) electrons. The lowest BCUT2D eigenvalue weighted by Gasteiger charge is -2.09. The van der Waals surface area contributed by atoms with Gasteiger partial charge in [-0.15, -0.1) is 0 Å². The Morgan fingerprint density at radius 1 is 1.08 bits per heavy atom. The lowest BCUT2D eigenvalue weighted by atomic mass is 10.1. The molecule has 0 atom stereocenters. The minimum absolute atomic E-state index is 0.251. The van der Waals surface area contributed by atoms with E-state index in [0.717, 1.165) is 11.3 Å². The number of carbonyl (C=O) groups is 2. The largest absolute Gasteiger partial charge is 0.484 e. The normalized spacial score (nSPS) is 9.76. The molecular formula is C18H17N3O3S. The van der Waals surface area contributed by atoms with Crippen LogP contribution in [0, 0.1) is 11.3 Å². The van der Waals surface area contributed by atoms with Crippen LogP contribution in [0.15, 0.2) is 48.5 Å². The van der Waals surface area contributed by atoms with Gasteiger partial charge in [0.25, 0.3) is 11.8 Å². The van der Waals surface area contributed by atoms with Gasteiger partial charge < -0.3 is 4.74 Å². The molecular weight excluding hydrogens is 338 g/mol. The van der Waals surface area contributed by atoms with Crippen molar-refractivity contribution in [3.05, 3.63) is 65.2 Å². The summed E-state index contributed by atoms with van der Waals surface area (Å²) in [6.45, 7) is -0.251. The minimum Gasteiger partial charge on any atom is -0.484 e. The average molecular weight is 355 g/mol. The van der Waals surface area contributed by atoms with Crippen LogP contribution >= 0.6 is 11.8 Å². The SMILES string of the molecule is CSCc1ccc(C(=O)NNC(=O)COc2ccc(C#N)cc2)cc1. The van der Waals surface area contributed by atoms with Crippen LogP contribution in [0.1, 0.15) is 21.5 Å². The zero-order valence-corrected chi connectivity index (χ0v) is 14.4. The zero-order chi connectivity index (χ0) is 18.1. The first-order chi connectivity index (χ1) is 12.1. The van der Waals surface area contributed by atoms with E-state index < -0.39 is 11.8 Å². The van der Waals surface area contributed by atoms with Crippen LogP contribution < -0.4 is 15.6 Å². The minimum atomic E-state index is -0.489. The Bertz CT molecular complexity index is 768. The number of ether oxygens (including phenoxy) is 1. The third-order valence-corrected chi connectivity index (χ3v) is 3.82. The van der Waals surface area contributed by atoms with Gasteiger partial charge in [-0.1, -0.05) is 12.1 Å². The van der Waals surface area contributed by atoms with Crippen molar-refractivity contribution < 1.29 is 14.3 Å². The molecule has 0 fully saturated rings. The average Bonchev–Trinajstić information content (AvgIpc) is 2.65. The number of hydrazine groups is 1. The Hall–Kier alpha value is -2.98. The summed E-state index contributed by atoms with van der Waals surface area (Å²) in [5.41, 5.74) is 6.72. The highest BCUT2D eigenvalue weighted by atomic mass is 32.2. The van der Waals surface area contributed by atoms with Gasteiger partial charge >= 0.3 is 0 Å². The monoisotopic (exact) mass is 355 g/mol. The number of amides is 2. The van der Waals surface area contributed by atoms with Crippen LogP contribution in [-0.4, -0.2) is 24.7 Å². The second kappa shape index (κ2) is 9.35. The Kier molecular flexibility index (Phi) is 6.87. The maximum Gasteiger partial charge on any atom is 0.276 e. The summed E-state index contributed by atoms with van der Waals surface area (Å²) < 4.78 is 5.27. The summed E-state index contributed by atoms with van der Waals surface area (Å²) >= 11 is 1.70. The standard InChI is InChI=1S/C18H17N3O3S/c1-25-12-14-2-6-15(7-3-14)18(23)21-20-17(22)11-24-16-8-4-13(10-19)5-9-16/h2-9H,11-12H2,1H3,(H,20,22)(H,21,23). The summed E-state index contributed by atoms with van der Waals surface area (Å²) in [6.07, 6.45) is 2.01. The van der Waals surface area contributed by atoms with Crippen LogP contribution in [0.2, 0.25) is 0 Å². The fourth-order valence-electron chi connectivity index (χ4n) is 1.93. The summed E-state index contributed by atoms with van der Waals surface area (Å²) in [5.74, 6) is 0.453. The molecule has 6 nitrogen and oxygen atoms in total. The molecule has 25 heavy (non-hydrogen) atoms. The predicted octanol–water partition coefficient (Wildman–Crippen LogP) is 2.26. The van der Waals surface area contributed by atoms with E-state index in [2.05, 4.69) is 10.9 Å². The van der Waals surface area contributed by atoms with Gasteiger partial charge in [0.05, 0.1) is 11.6 Å². The molecule has 0 saturated heterocycles. The summed E-state index contributed by atoms with van der Waals surface area (Å²) in [5, 5.41) is 8.71. The number of hydrogen-bond donors (Lipinski definition) is 2. The number of nitrogens with one attached hydrogen (secondary N) is 2. The molecule has 128 valence electrons. The number of carbonyl (C=O) groups excluding carboxylic acids is 2. The highest BCUT2D eigenvalue weighted by Crippen LogP contribution is 2.11. The lowest BCUT2D eigenvalue weighted by Crippen LogP contribution is -2.43. The smallest absolute Gasteiger partial charge is 0.276 e. The van der Waals surface area contributed by atoms with Crippen molar-refractivity contribution in [2.24, 2.45) is 0 Å². The Labute approximate surface area is 150 Å². The van der Waals surface area contributed by atoms with Gasteiger partial charge in [0.2, 0.25) is 0 Å². The molecule has 2 N–H and O–H groups in total. The number of nitriles is 1. The highest BCUT2D eigenvalue weighted by Gasteiger charge is 2.08. The Morgan fingerprint density at radius 3 is 2.36 bits per heavy atom. The van der Waals surface area contributed by atoms with Gasteiger partial charge in [-0.2, -0.15) is 17.0 Å². The van der Waals surface area contributed by atoms with Gasteiger partial charge in [-0.3, -0.25) is 20.4 Å². The molecule has 2 rings (SSSR count).